The van der Waals surface area contributed by atoms with Crippen molar-refractivity contribution in [2.45, 2.75) is 46.2 Å². The van der Waals surface area contributed by atoms with E-state index in [1.165, 1.54) is 5.56 Å². The van der Waals surface area contributed by atoms with Crippen molar-refractivity contribution in [1.82, 2.24) is 9.88 Å². The highest BCUT2D eigenvalue weighted by atomic mass is 16.2. The van der Waals surface area contributed by atoms with Crippen molar-refractivity contribution in [3.63, 3.8) is 0 Å². The Morgan fingerprint density at radius 2 is 1.96 bits per heavy atom. The average molecular weight is 365 g/mol. The van der Waals surface area contributed by atoms with E-state index in [-0.39, 0.29) is 30.2 Å². The van der Waals surface area contributed by atoms with E-state index in [9.17, 15) is 9.59 Å². The summed E-state index contributed by atoms with van der Waals surface area (Å²) >= 11 is 0. The number of benzene rings is 1. The number of anilines is 1. The summed E-state index contributed by atoms with van der Waals surface area (Å²) in [6.45, 7) is 7.08. The topological polar surface area (TPSA) is 53.5 Å². The molecule has 0 N–H and O–H groups in total. The first-order valence-corrected chi connectivity index (χ1v) is 9.58. The summed E-state index contributed by atoms with van der Waals surface area (Å²) in [4.78, 5) is 33.4. The van der Waals surface area contributed by atoms with Gasteiger partial charge in [0.05, 0.1) is 5.92 Å². The van der Waals surface area contributed by atoms with Crippen LogP contribution in [0.1, 0.15) is 38.3 Å². The van der Waals surface area contributed by atoms with Crippen molar-refractivity contribution in [2.75, 3.05) is 11.4 Å². The maximum absolute atomic E-state index is 13.1. The third-order valence-electron chi connectivity index (χ3n) is 5.11. The third-order valence-corrected chi connectivity index (χ3v) is 5.11. The van der Waals surface area contributed by atoms with Gasteiger partial charge in [-0.3, -0.25) is 14.6 Å². The van der Waals surface area contributed by atoms with Gasteiger partial charge in [-0.05, 0) is 49.6 Å². The highest BCUT2D eigenvalue weighted by Crippen LogP contribution is 2.27. The van der Waals surface area contributed by atoms with E-state index in [4.69, 9.17) is 0 Å². The van der Waals surface area contributed by atoms with Gasteiger partial charge in [0.15, 0.2) is 0 Å². The van der Waals surface area contributed by atoms with E-state index < -0.39 is 0 Å². The minimum atomic E-state index is -0.303. The lowest BCUT2D eigenvalue weighted by Gasteiger charge is -2.29. The van der Waals surface area contributed by atoms with Crippen molar-refractivity contribution >= 4 is 17.5 Å². The van der Waals surface area contributed by atoms with Crippen LogP contribution in [0.2, 0.25) is 0 Å². The number of aryl methyl sites for hydroxylation is 1. The van der Waals surface area contributed by atoms with Gasteiger partial charge >= 0.3 is 0 Å². The third kappa shape index (κ3) is 4.35. The lowest BCUT2D eigenvalue weighted by molar-refractivity contribution is -0.138. The molecule has 3 rings (SSSR count). The van der Waals surface area contributed by atoms with Gasteiger partial charge < -0.3 is 9.80 Å². The number of pyridine rings is 1. The maximum Gasteiger partial charge on any atom is 0.228 e. The van der Waals surface area contributed by atoms with Crippen LogP contribution in [0.5, 0.6) is 0 Å². The quantitative estimate of drug-likeness (QED) is 0.788. The normalized spacial score (nSPS) is 16.8. The van der Waals surface area contributed by atoms with E-state index in [0.717, 1.165) is 17.7 Å². The first kappa shape index (κ1) is 19.1. The summed E-state index contributed by atoms with van der Waals surface area (Å²) < 4.78 is 0. The molecular weight excluding hydrogens is 338 g/mol. The van der Waals surface area contributed by atoms with Gasteiger partial charge in [0.1, 0.15) is 0 Å². The Labute approximate surface area is 161 Å². The number of rotatable bonds is 6. The largest absolute Gasteiger partial charge is 0.336 e. The predicted molar refractivity (Wildman–Crippen MR) is 106 cm³/mol. The number of aromatic nitrogens is 1. The molecule has 1 aromatic carbocycles. The monoisotopic (exact) mass is 365 g/mol. The highest BCUT2D eigenvalue weighted by molar-refractivity contribution is 6.00. The molecule has 2 amide bonds. The van der Waals surface area contributed by atoms with Crippen molar-refractivity contribution < 1.29 is 9.59 Å². The molecule has 2 heterocycles. The van der Waals surface area contributed by atoms with Crippen LogP contribution in [0.4, 0.5) is 5.69 Å². The van der Waals surface area contributed by atoms with Crippen molar-refractivity contribution in [3.05, 3.63) is 59.9 Å². The molecule has 0 bridgehead atoms. The van der Waals surface area contributed by atoms with Gasteiger partial charge in [-0.15, -0.1) is 0 Å². The van der Waals surface area contributed by atoms with Crippen LogP contribution >= 0.6 is 0 Å². The van der Waals surface area contributed by atoms with Crippen molar-refractivity contribution in [1.29, 1.82) is 0 Å². The maximum atomic E-state index is 13.1. The zero-order valence-electron chi connectivity index (χ0n) is 16.3. The van der Waals surface area contributed by atoms with Gasteiger partial charge in [0.2, 0.25) is 11.8 Å². The zero-order chi connectivity index (χ0) is 19.4. The number of carbonyl (C=O) groups is 2. The fourth-order valence-electron chi connectivity index (χ4n) is 3.47. The van der Waals surface area contributed by atoms with E-state index in [2.05, 4.69) is 11.9 Å². The molecule has 1 atom stereocenters. The zero-order valence-corrected chi connectivity index (χ0v) is 16.3. The van der Waals surface area contributed by atoms with Gasteiger partial charge in [-0.2, -0.15) is 0 Å². The fourth-order valence-corrected chi connectivity index (χ4v) is 3.47. The number of carbonyl (C=O) groups excluding carboxylic acids is 2. The first-order valence-electron chi connectivity index (χ1n) is 9.58. The van der Waals surface area contributed by atoms with Gasteiger partial charge in [-0.1, -0.05) is 25.1 Å². The molecule has 1 saturated heterocycles. The van der Waals surface area contributed by atoms with Crippen LogP contribution < -0.4 is 4.90 Å². The summed E-state index contributed by atoms with van der Waals surface area (Å²) in [6.07, 6.45) is 4.74. The molecular formula is C22H27N3O2. The highest BCUT2D eigenvalue weighted by Gasteiger charge is 2.37. The van der Waals surface area contributed by atoms with E-state index >= 15 is 0 Å². The van der Waals surface area contributed by atoms with Crippen molar-refractivity contribution in [2.24, 2.45) is 5.92 Å². The molecule has 27 heavy (non-hydrogen) atoms. The SMILES string of the molecule is CCc1ccc(N2CC(C(=O)N(Cc3cccnc3)C(C)C)CC2=O)cc1. The molecule has 0 radical (unpaired) electrons. The molecule has 1 unspecified atom stereocenters. The molecule has 1 fully saturated rings. The molecule has 0 spiro atoms. The van der Waals surface area contributed by atoms with E-state index in [1.54, 1.807) is 17.3 Å². The Morgan fingerprint density at radius 1 is 1.22 bits per heavy atom. The van der Waals surface area contributed by atoms with Crippen LogP contribution in [0.15, 0.2) is 48.8 Å². The lowest BCUT2D eigenvalue weighted by atomic mass is 10.1. The second-order valence-corrected chi connectivity index (χ2v) is 7.35. The van der Waals surface area contributed by atoms with Crippen molar-refractivity contribution in [3.8, 4) is 0 Å². The summed E-state index contributed by atoms with van der Waals surface area (Å²) in [5.41, 5.74) is 3.10. The Kier molecular flexibility index (Phi) is 5.89. The number of nitrogens with zero attached hydrogens (tertiary/aromatic N) is 3. The summed E-state index contributed by atoms with van der Waals surface area (Å²) in [6, 6.07) is 11.9. The molecule has 1 aromatic heterocycles. The van der Waals surface area contributed by atoms with Crippen LogP contribution in [-0.4, -0.2) is 34.3 Å². The molecule has 1 aliphatic heterocycles. The average Bonchev–Trinajstić information content (AvgIpc) is 3.08. The molecule has 2 aromatic rings. The van der Waals surface area contributed by atoms with Crippen LogP contribution in [0, 0.1) is 5.92 Å². The Hall–Kier alpha value is -2.69. The van der Waals surface area contributed by atoms with Crippen LogP contribution in [0.25, 0.3) is 0 Å². The standard InChI is InChI=1S/C22H27N3O2/c1-4-17-7-9-20(10-8-17)25-15-19(12-21(25)26)22(27)24(16(2)3)14-18-6-5-11-23-13-18/h5-11,13,16,19H,4,12,14-15H2,1-3H3. The predicted octanol–water partition coefficient (Wildman–Crippen LogP) is 3.43. The second kappa shape index (κ2) is 8.33. The van der Waals surface area contributed by atoms with Crippen LogP contribution in [-0.2, 0) is 22.6 Å². The Balaban J connectivity index is 1.72. The van der Waals surface area contributed by atoms with E-state index in [1.807, 2.05) is 55.1 Å². The summed E-state index contributed by atoms with van der Waals surface area (Å²) in [5, 5.41) is 0. The molecule has 5 nitrogen and oxygen atoms in total. The Bertz CT molecular complexity index is 787. The first-order chi connectivity index (χ1) is 13.0. The van der Waals surface area contributed by atoms with Gasteiger partial charge in [-0.25, -0.2) is 0 Å². The molecule has 0 aliphatic carbocycles. The fraction of sp³-hybridized carbons (Fsp3) is 0.409. The number of amides is 2. The molecule has 142 valence electrons. The number of hydrogen-bond donors (Lipinski definition) is 0. The summed E-state index contributed by atoms with van der Waals surface area (Å²) in [7, 11) is 0. The minimum Gasteiger partial charge on any atom is -0.336 e. The smallest absolute Gasteiger partial charge is 0.228 e. The molecule has 5 heteroatoms. The second-order valence-electron chi connectivity index (χ2n) is 7.35. The van der Waals surface area contributed by atoms with Gasteiger partial charge in [0.25, 0.3) is 0 Å². The van der Waals surface area contributed by atoms with Gasteiger partial charge in [0, 0.05) is 43.6 Å². The summed E-state index contributed by atoms with van der Waals surface area (Å²) in [5.74, 6) is -0.250. The Morgan fingerprint density at radius 3 is 2.56 bits per heavy atom. The molecule has 0 saturated carbocycles. The van der Waals surface area contributed by atoms with E-state index in [0.29, 0.717) is 13.1 Å². The molecule has 1 aliphatic rings. The van der Waals surface area contributed by atoms with Crippen LogP contribution in [0.3, 0.4) is 0 Å². The minimum absolute atomic E-state index is 0.0164. The number of hydrogen-bond acceptors (Lipinski definition) is 3. The lowest BCUT2D eigenvalue weighted by Crippen LogP contribution is -2.41.